The molecule has 1 N–H and O–H groups in total. The Balaban J connectivity index is 2.00. The maximum Gasteiger partial charge on any atom is 0.0759 e. The lowest BCUT2D eigenvalue weighted by atomic mass is 10.0. The first-order valence-corrected chi connectivity index (χ1v) is 10.1. The Hall–Kier alpha value is -1.85. The molecule has 0 aliphatic heterocycles. The fraction of sp³-hybridized carbons (Fsp3) is 0.500. The Labute approximate surface area is 159 Å². The van der Waals surface area contributed by atoms with E-state index in [1.807, 2.05) is 12.3 Å². The quantitative estimate of drug-likeness (QED) is 0.418. The summed E-state index contributed by atoms with van der Waals surface area (Å²) >= 11 is 0. The third-order valence-corrected chi connectivity index (χ3v) is 4.81. The maximum absolute atomic E-state index is 4.61. The SMILES string of the molecule is [CH2]CC(C)NCc1ccc(C#CCCCCCCCC)c2cccnc12. The molecule has 0 aliphatic carbocycles. The lowest BCUT2D eigenvalue weighted by molar-refractivity contribution is 0.553. The van der Waals surface area contributed by atoms with Crippen molar-refractivity contribution >= 4 is 10.9 Å². The van der Waals surface area contributed by atoms with Crippen molar-refractivity contribution in [1.29, 1.82) is 0 Å². The number of nitrogens with zero attached hydrogens (tertiary/aromatic N) is 1. The van der Waals surface area contributed by atoms with Crippen LogP contribution in [0.5, 0.6) is 0 Å². The van der Waals surface area contributed by atoms with Gasteiger partial charge in [0.15, 0.2) is 0 Å². The standard InChI is InChI=1S/C24H33N2/c1-4-6-7-8-9-10-11-12-14-21-16-17-22(19-26-20(3)5-2)24-23(21)15-13-18-25-24/h13,15-18,20,26H,2,4-11,19H2,1,3H3. The molecule has 2 nitrogen and oxygen atoms in total. The van der Waals surface area contributed by atoms with E-state index in [0.717, 1.165) is 35.9 Å². The molecule has 2 heteroatoms. The predicted molar refractivity (Wildman–Crippen MR) is 113 cm³/mol. The van der Waals surface area contributed by atoms with Crippen LogP contribution in [0, 0.1) is 18.8 Å². The zero-order valence-electron chi connectivity index (χ0n) is 16.5. The van der Waals surface area contributed by atoms with E-state index in [0.29, 0.717) is 6.04 Å². The van der Waals surface area contributed by atoms with Gasteiger partial charge in [0, 0.05) is 36.2 Å². The van der Waals surface area contributed by atoms with Gasteiger partial charge in [0.25, 0.3) is 0 Å². The molecule has 1 aromatic carbocycles. The summed E-state index contributed by atoms with van der Waals surface area (Å²) in [7, 11) is 0. The number of aromatic nitrogens is 1. The molecular formula is C24H33N2. The van der Waals surface area contributed by atoms with Crippen molar-refractivity contribution in [2.24, 2.45) is 0 Å². The molecule has 1 aromatic heterocycles. The van der Waals surface area contributed by atoms with E-state index in [-0.39, 0.29) is 0 Å². The van der Waals surface area contributed by atoms with Crippen molar-refractivity contribution < 1.29 is 0 Å². The van der Waals surface area contributed by atoms with Crippen molar-refractivity contribution in [3.05, 3.63) is 48.5 Å². The predicted octanol–water partition coefficient (Wildman–Crippen LogP) is 6.04. The van der Waals surface area contributed by atoms with Crippen LogP contribution in [0.15, 0.2) is 30.5 Å². The number of hydrogen-bond acceptors (Lipinski definition) is 2. The Morgan fingerprint density at radius 3 is 2.73 bits per heavy atom. The van der Waals surface area contributed by atoms with E-state index >= 15 is 0 Å². The average Bonchev–Trinajstić information content (AvgIpc) is 2.68. The monoisotopic (exact) mass is 349 g/mol. The summed E-state index contributed by atoms with van der Waals surface area (Å²) in [5, 5.41) is 4.66. The van der Waals surface area contributed by atoms with Gasteiger partial charge in [-0.05, 0) is 37.5 Å². The van der Waals surface area contributed by atoms with Gasteiger partial charge in [-0.15, -0.1) is 0 Å². The highest BCUT2D eigenvalue weighted by Crippen LogP contribution is 2.20. The molecule has 1 unspecified atom stereocenters. The third kappa shape index (κ3) is 6.46. The topological polar surface area (TPSA) is 24.9 Å². The van der Waals surface area contributed by atoms with Crippen molar-refractivity contribution in [2.45, 2.75) is 77.8 Å². The van der Waals surface area contributed by atoms with Gasteiger partial charge < -0.3 is 5.32 Å². The molecule has 0 spiro atoms. The van der Waals surface area contributed by atoms with Gasteiger partial charge in [-0.25, -0.2) is 0 Å². The molecule has 0 bridgehead atoms. The fourth-order valence-electron chi connectivity index (χ4n) is 3.02. The number of rotatable bonds is 10. The summed E-state index contributed by atoms with van der Waals surface area (Å²) in [4.78, 5) is 4.61. The van der Waals surface area contributed by atoms with Crippen LogP contribution in [0.25, 0.3) is 10.9 Å². The molecule has 0 fully saturated rings. The van der Waals surface area contributed by atoms with Gasteiger partial charge in [0.2, 0.25) is 0 Å². The molecule has 2 rings (SSSR count). The smallest absolute Gasteiger partial charge is 0.0759 e. The Morgan fingerprint density at radius 1 is 1.12 bits per heavy atom. The highest BCUT2D eigenvalue weighted by molar-refractivity contribution is 5.87. The molecule has 0 aliphatic rings. The summed E-state index contributed by atoms with van der Waals surface area (Å²) in [5.74, 6) is 6.73. The Bertz CT molecular complexity index is 724. The van der Waals surface area contributed by atoms with Crippen LogP contribution in [0.2, 0.25) is 0 Å². The lowest BCUT2D eigenvalue weighted by Crippen LogP contribution is -2.24. The second-order valence-electron chi connectivity index (χ2n) is 7.06. The largest absolute Gasteiger partial charge is 0.310 e. The van der Waals surface area contributed by atoms with Crippen LogP contribution < -0.4 is 5.32 Å². The van der Waals surface area contributed by atoms with Crippen molar-refractivity contribution in [3.8, 4) is 11.8 Å². The normalized spacial score (nSPS) is 12.0. The summed E-state index contributed by atoms with van der Waals surface area (Å²) in [6, 6.07) is 8.84. The van der Waals surface area contributed by atoms with Crippen molar-refractivity contribution in [1.82, 2.24) is 10.3 Å². The van der Waals surface area contributed by atoms with Gasteiger partial charge >= 0.3 is 0 Å². The van der Waals surface area contributed by atoms with E-state index in [1.54, 1.807) is 0 Å². The number of hydrogen-bond donors (Lipinski definition) is 1. The highest BCUT2D eigenvalue weighted by atomic mass is 14.9. The second-order valence-corrected chi connectivity index (χ2v) is 7.06. The number of unbranched alkanes of at least 4 members (excludes halogenated alkanes) is 6. The first kappa shape index (κ1) is 20.5. The summed E-state index contributed by atoms with van der Waals surface area (Å²) < 4.78 is 0. The highest BCUT2D eigenvalue weighted by Gasteiger charge is 2.07. The minimum atomic E-state index is 0.408. The second kappa shape index (κ2) is 11.7. The van der Waals surface area contributed by atoms with Crippen molar-refractivity contribution in [2.75, 3.05) is 0 Å². The fourth-order valence-corrected chi connectivity index (χ4v) is 3.02. The van der Waals surface area contributed by atoms with Gasteiger partial charge in [0.05, 0.1) is 5.52 Å². The maximum atomic E-state index is 4.61. The summed E-state index contributed by atoms with van der Waals surface area (Å²) in [6.45, 7) is 9.18. The molecule has 0 saturated carbocycles. The summed E-state index contributed by atoms with van der Waals surface area (Å²) in [6.07, 6.45) is 11.6. The minimum Gasteiger partial charge on any atom is -0.310 e. The van der Waals surface area contributed by atoms with E-state index in [2.05, 4.69) is 61.1 Å². The van der Waals surface area contributed by atoms with Gasteiger partial charge in [-0.2, -0.15) is 0 Å². The molecule has 1 radical (unpaired) electrons. The van der Waals surface area contributed by atoms with Crippen LogP contribution in [0.4, 0.5) is 0 Å². The molecular weight excluding hydrogens is 316 g/mol. The van der Waals surface area contributed by atoms with Crippen LogP contribution in [-0.2, 0) is 6.54 Å². The number of pyridine rings is 1. The summed E-state index contributed by atoms with van der Waals surface area (Å²) in [5.41, 5.74) is 3.37. The molecule has 0 saturated heterocycles. The number of nitrogens with one attached hydrogen (secondary N) is 1. The van der Waals surface area contributed by atoms with E-state index < -0.39 is 0 Å². The zero-order valence-corrected chi connectivity index (χ0v) is 16.5. The Morgan fingerprint density at radius 2 is 1.92 bits per heavy atom. The molecule has 1 heterocycles. The van der Waals surface area contributed by atoms with Crippen LogP contribution in [0.1, 0.15) is 76.3 Å². The van der Waals surface area contributed by atoms with Gasteiger partial charge in [-0.1, -0.05) is 69.9 Å². The number of fused-ring (bicyclic) bond motifs is 1. The van der Waals surface area contributed by atoms with Crippen LogP contribution in [0.3, 0.4) is 0 Å². The van der Waals surface area contributed by atoms with Crippen LogP contribution >= 0.6 is 0 Å². The molecule has 139 valence electrons. The van der Waals surface area contributed by atoms with E-state index in [9.17, 15) is 0 Å². The van der Waals surface area contributed by atoms with E-state index in [4.69, 9.17) is 0 Å². The number of benzene rings is 1. The molecule has 26 heavy (non-hydrogen) atoms. The van der Waals surface area contributed by atoms with Crippen molar-refractivity contribution in [3.63, 3.8) is 0 Å². The Kier molecular flexibility index (Phi) is 9.21. The first-order valence-electron chi connectivity index (χ1n) is 10.1. The third-order valence-electron chi connectivity index (χ3n) is 4.81. The van der Waals surface area contributed by atoms with Crippen LogP contribution in [-0.4, -0.2) is 11.0 Å². The first-order chi connectivity index (χ1) is 12.8. The zero-order chi connectivity index (χ0) is 18.6. The average molecular weight is 350 g/mol. The lowest BCUT2D eigenvalue weighted by Gasteiger charge is -2.13. The van der Waals surface area contributed by atoms with Gasteiger partial charge in [-0.3, -0.25) is 4.98 Å². The molecule has 2 aromatic rings. The van der Waals surface area contributed by atoms with Gasteiger partial charge in [0.1, 0.15) is 0 Å². The molecule has 1 atom stereocenters. The van der Waals surface area contributed by atoms with E-state index in [1.165, 1.54) is 44.1 Å². The molecule has 0 amide bonds. The minimum absolute atomic E-state index is 0.408.